The number of hydrogen-bond acceptors (Lipinski definition) is 4. The molecule has 0 radical (unpaired) electrons. The van der Waals surface area contributed by atoms with Gasteiger partial charge < -0.3 is 14.6 Å². The van der Waals surface area contributed by atoms with Crippen LogP contribution in [0.25, 0.3) is 0 Å². The molecule has 316 valence electrons. The lowest BCUT2D eigenvalue weighted by Gasteiger charge is -2.15. The number of esters is 1. The van der Waals surface area contributed by atoms with E-state index in [0.717, 1.165) is 77.0 Å². The average molecular weight is 765 g/mol. The summed E-state index contributed by atoms with van der Waals surface area (Å²) in [5, 5.41) is 9.62. The molecule has 0 aliphatic carbocycles. The van der Waals surface area contributed by atoms with Crippen LogP contribution in [-0.2, 0) is 14.3 Å². The highest BCUT2D eigenvalue weighted by molar-refractivity contribution is 5.69. The average Bonchev–Trinajstić information content (AvgIpc) is 3.19. The van der Waals surface area contributed by atoms with Crippen molar-refractivity contribution in [1.29, 1.82) is 0 Å². The molecule has 1 unspecified atom stereocenters. The summed E-state index contributed by atoms with van der Waals surface area (Å²) in [6.07, 6.45) is 66.6. The molecule has 55 heavy (non-hydrogen) atoms. The van der Waals surface area contributed by atoms with Gasteiger partial charge in [-0.25, -0.2) is 0 Å². The number of carbonyl (C=O) groups is 1. The number of aliphatic hydroxyl groups is 1. The highest BCUT2D eigenvalue weighted by Gasteiger charge is 2.13. The van der Waals surface area contributed by atoms with Gasteiger partial charge in [-0.3, -0.25) is 4.79 Å². The van der Waals surface area contributed by atoms with Crippen molar-refractivity contribution in [1.82, 2.24) is 0 Å². The van der Waals surface area contributed by atoms with Gasteiger partial charge in [-0.1, -0.05) is 214 Å². The summed E-state index contributed by atoms with van der Waals surface area (Å²) >= 11 is 0. The van der Waals surface area contributed by atoms with E-state index in [0.29, 0.717) is 13.0 Å². The Morgan fingerprint density at radius 1 is 0.455 bits per heavy atom. The Bertz CT molecular complexity index is 985. The van der Waals surface area contributed by atoms with Gasteiger partial charge in [-0.2, -0.15) is 0 Å². The van der Waals surface area contributed by atoms with Crippen LogP contribution in [0, 0.1) is 0 Å². The van der Waals surface area contributed by atoms with Gasteiger partial charge >= 0.3 is 5.97 Å². The summed E-state index contributed by atoms with van der Waals surface area (Å²) < 4.78 is 11.1. The number of unbranched alkanes of at least 4 members (excludes halogenated alkanes) is 20. The molecule has 0 aromatic heterocycles. The third-order valence-corrected chi connectivity index (χ3v) is 9.73. The van der Waals surface area contributed by atoms with Crippen LogP contribution in [-0.4, -0.2) is 37.0 Å². The van der Waals surface area contributed by atoms with E-state index in [1.807, 2.05) is 0 Å². The van der Waals surface area contributed by atoms with Crippen molar-refractivity contribution in [2.45, 2.75) is 213 Å². The smallest absolute Gasteiger partial charge is 0.306 e. The van der Waals surface area contributed by atoms with Crippen molar-refractivity contribution < 1.29 is 19.4 Å². The van der Waals surface area contributed by atoms with E-state index in [-0.39, 0.29) is 19.2 Å². The Morgan fingerprint density at radius 3 is 1.20 bits per heavy atom. The Balaban J connectivity index is 3.54. The topological polar surface area (TPSA) is 55.8 Å². The van der Waals surface area contributed by atoms with Crippen molar-refractivity contribution in [3.8, 4) is 0 Å². The summed E-state index contributed by atoms with van der Waals surface area (Å²) in [5.41, 5.74) is 0. The maximum atomic E-state index is 12.2. The molecule has 0 aromatic carbocycles. The van der Waals surface area contributed by atoms with Crippen LogP contribution in [0.4, 0.5) is 0 Å². The molecule has 0 saturated carbocycles. The quantitative estimate of drug-likeness (QED) is 0.0382. The standard InChI is InChI=1S/C51H88O4/c1-3-5-7-9-11-13-15-17-19-21-23-24-25-26-27-29-31-33-35-37-39-41-43-45-47-54-49-50(48-52)55-51(53)46-44-42-40-38-36-34-32-30-28-22-20-18-16-14-12-10-8-6-4-2/h5,7,11,13,17,19,23-24,26-27,31,33,37,39,50,52H,3-4,6,8-10,12,14-16,18,20-22,25,28-30,32,34-36,38,40-49H2,1-2H3/b7-5-,13-11-,19-17-,24-23-,27-26-,33-31-,39-37-. The zero-order chi connectivity index (χ0) is 39.8. The zero-order valence-corrected chi connectivity index (χ0v) is 36.2. The maximum Gasteiger partial charge on any atom is 0.306 e. The van der Waals surface area contributed by atoms with Crippen LogP contribution >= 0.6 is 0 Å². The Labute approximate surface area is 341 Å². The largest absolute Gasteiger partial charge is 0.457 e. The molecule has 0 aliphatic rings. The van der Waals surface area contributed by atoms with E-state index >= 15 is 0 Å². The summed E-state index contributed by atoms with van der Waals surface area (Å²) in [6.45, 7) is 5.14. The number of rotatable bonds is 42. The second-order valence-corrected chi connectivity index (χ2v) is 15.1. The first-order chi connectivity index (χ1) is 27.2. The van der Waals surface area contributed by atoms with Gasteiger partial charge in [-0.05, 0) is 70.6 Å². The fourth-order valence-corrected chi connectivity index (χ4v) is 6.31. The summed E-state index contributed by atoms with van der Waals surface area (Å²) in [4.78, 5) is 12.2. The maximum absolute atomic E-state index is 12.2. The second-order valence-electron chi connectivity index (χ2n) is 15.1. The van der Waals surface area contributed by atoms with Gasteiger partial charge in [0.1, 0.15) is 6.10 Å². The molecular weight excluding hydrogens is 677 g/mol. The molecule has 0 fully saturated rings. The minimum Gasteiger partial charge on any atom is -0.457 e. The number of carbonyl (C=O) groups excluding carboxylic acids is 1. The predicted octanol–water partition coefficient (Wildman–Crippen LogP) is 15.5. The van der Waals surface area contributed by atoms with Crippen molar-refractivity contribution in [2.24, 2.45) is 0 Å². The van der Waals surface area contributed by atoms with E-state index in [1.54, 1.807) is 0 Å². The Kier molecular flexibility index (Phi) is 45.6. The summed E-state index contributed by atoms with van der Waals surface area (Å²) in [5.74, 6) is -0.216. The van der Waals surface area contributed by atoms with E-state index in [4.69, 9.17) is 9.47 Å². The van der Waals surface area contributed by atoms with Gasteiger partial charge in [-0.15, -0.1) is 0 Å². The molecule has 0 aromatic rings. The van der Waals surface area contributed by atoms with Crippen molar-refractivity contribution in [3.05, 3.63) is 85.1 Å². The lowest BCUT2D eigenvalue weighted by atomic mass is 10.0. The lowest BCUT2D eigenvalue weighted by Crippen LogP contribution is -2.27. The number of allylic oxidation sites excluding steroid dienone is 14. The molecule has 0 rings (SSSR count). The van der Waals surface area contributed by atoms with Crippen molar-refractivity contribution >= 4 is 5.97 Å². The highest BCUT2D eigenvalue weighted by Crippen LogP contribution is 2.15. The fourth-order valence-electron chi connectivity index (χ4n) is 6.31. The third kappa shape index (κ3) is 45.9. The molecule has 1 atom stereocenters. The molecule has 4 heteroatoms. The number of ether oxygens (including phenoxy) is 2. The minimum absolute atomic E-state index is 0.192. The van der Waals surface area contributed by atoms with Crippen LogP contribution in [0.2, 0.25) is 0 Å². The first-order valence-electron chi connectivity index (χ1n) is 23.2. The first kappa shape index (κ1) is 52.6. The monoisotopic (exact) mass is 765 g/mol. The van der Waals surface area contributed by atoms with Gasteiger partial charge in [0.15, 0.2) is 0 Å². The second kappa shape index (κ2) is 47.7. The molecular formula is C51H88O4. The summed E-state index contributed by atoms with van der Waals surface area (Å²) in [6, 6.07) is 0. The minimum atomic E-state index is -0.561. The molecule has 1 N–H and O–H groups in total. The lowest BCUT2D eigenvalue weighted by molar-refractivity contribution is -0.154. The Morgan fingerprint density at radius 2 is 0.818 bits per heavy atom. The van der Waals surface area contributed by atoms with Crippen LogP contribution < -0.4 is 0 Å². The number of hydrogen-bond donors (Lipinski definition) is 1. The zero-order valence-electron chi connectivity index (χ0n) is 36.2. The predicted molar refractivity (Wildman–Crippen MR) is 242 cm³/mol. The van der Waals surface area contributed by atoms with Crippen LogP contribution in [0.1, 0.15) is 206 Å². The van der Waals surface area contributed by atoms with E-state index in [2.05, 4.69) is 98.9 Å². The molecule has 0 bridgehead atoms. The SMILES string of the molecule is CC/C=C\C/C=C\C/C=C\C/C=C\C/C=C\C/C=C\C/C=C\CCCCOCC(CO)OC(=O)CCCCCCCCCCCCCCCCCCCCC. The van der Waals surface area contributed by atoms with Crippen molar-refractivity contribution in [2.75, 3.05) is 19.8 Å². The van der Waals surface area contributed by atoms with E-state index in [9.17, 15) is 9.90 Å². The number of aliphatic hydroxyl groups excluding tert-OH is 1. The molecule has 0 heterocycles. The van der Waals surface area contributed by atoms with E-state index in [1.165, 1.54) is 109 Å². The first-order valence-corrected chi connectivity index (χ1v) is 23.2. The van der Waals surface area contributed by atoms with E-state index < -0.39 is 6.10 Å². The third-order valence-electron chi connectivity index (χ3n) is 9.73. The van der Waals surface area contributed by atoms with Gasteiger partial charge in [0, 0.05) is 13.0 Å². The molecule has 0 amide bonds. The van der Waals surface area contributed by atoms with Crippen molar-refractivity contribution in [3.63, 3.8) is 0 Å². The molecule has 4 nitrogen and oxygen atoms in total. The van der Waals surface area contributed by atoms with Crippen LogP contribution in [0.15, 0.2) is 85.1 Å². The molecule has 0 spiro atoms. The van der Waals surface area contributed by atoms with Crippen LogP contribution in [0.5, 0.6) is 0 Å². The molecule has 0 saturated heterocycles. The normalized spacial score (nSPS) is 13.1. The molecule has 0 aliphatic heterocycles. The highest BCUT2D eigenvalue weighted by atomic mass is 16.6. The van der Waals surface area contributed by atoms with Crippen LogP contribution in [0.3, 0.4) is 0 Å². The Hall–Kier alpha value is -2.43. The van der Waals surface area contributed by atoms with Gasteiger partial charge in [0.25, 0.3) is 0 Å². The van der Waals surface area contributed by atoms with Gasteiger partial charge in [0.05, 0.1) is 13.2 Å². The van der Waals surface area contributed by atoms with Gasteiger partial charge in [0.2, 0.25) is 0 Å². The fraction of sp³-hybridized carbons (Fsp3) is 0.706. The summed E-state index contributed by atoms with van der Waals surface area (Å²) in [7, 11) is 0.